The van der Waals surface area contributed by atoms with Gasteiger partial charge in [0.2, 0.25) is 0 Å². The molecule has 0 aromatic rings. The molecule has 2 saturated carbocycles. The van der Waals surface area contributed by atoms with E-state index in [0.717, 1.165) is 17.8 Å². The summed E-state index contributed by atoms with van der Waals surface area (Å²) in [4.78, 5) is 0. The largest absolute Gasteiger partial charge is 0.412 e. The van der Waals surface area contributed by atoms with Gasteiger partial charge in [0, 0.05) is 0 Å². The molecule has 1 heteroatoms. The van der Waals surface area contributed by atoms with Crippen LogP contribution in [0.25, 0.3) is 0 Å². The molecule has 18 heavy (non-hydrogen) atoms. The Kier molecular flexibility index (Phi) is 15.1. The normalized spacial score (nSPS) is 27.8. The van der Waals surface area contributed by atoms with Gasteiger partial charge in [0.1, 0.15) is 0 Å². The first-order valence-corrected chi connectivity index (χ1v) is 8.18. The van der Waals surface area contributed by atoms with E-state index in [2.05, 4.69) is 20.8 Å². The van der Waals surface area contributed by atoms with Gasteiger partial charge in [-0.05, 0) is 17.8 Å². The monoisotopic (exact) mass is 258 g/mol. The van der Waals surface area contributed by atoms with Gasteiger partial charge in [-0.15, -0.1) is 0 Å². The Morgan fingerprint density at radius 2 is 0.778 bits per heavy atom. The Labute approximate surface area is 116 Å². The standard InChI is InChI=1S/C8H16.C7H14.C2H6.H2O/c1-7-3-5-8(2)6-4-7;1-7-5-3-2-4-6-7;1-2;/h7-8H,3-6H2,1-2H3;7H,2-6H2,1H3;1-2H3;1H2. The SMILES string of the molecule is CC.CC1CCC(C)CC1.CC1CCCCC1.O. The predicted molar refractivity (Wildman–Crippen MR) is 84.0 cm³/mol. The fourth-order valence-corrected chi connectivity index (χ4v) is 2.73. The molecule has 2 rings (SSSR count). The van der Waals surface area contributed by atoms with E-state index in [1.165, 1.54) is 57.8 Å². The fourth-order valence-electron chi connectivity index (χ4n) is 2.73. The third-order valence-corrected chi connectivity index (χ3v) is 4.20. The topological polar surface area (TPSA) is 31.5 Å². The van der Waals surface area contributed by atoms with E-state index in [1.54, 1.807) is 0 Å². The van der Waals surface area contributed by atoms with E-state index in [0.29, 0.717) is 0 Å². The minimum atomic E-state index is 0. The van der Waals surface area contributed by atoms with E-state index < -0.39 is 0 Å². The van der Waals surface area contributed by atoms with E-state index >= 15 is 0 Å². The third-order valence-electron chi connectivity index (χ3n) is 4.20. The molecule has 0 bridgehead atoms. The quantitative estimate of drug-likeness (QED) is 0.540. The first kappa shape index (κ1) is 20.3. The minimum Gasteiger partial charge on any atom is -0.412 e. The summed E-state index contributed by atoms with van der Waals surface area (Å²) >= 11 is 0. The van der Waals surface area contributed by atoms with Crippen molar-refractivity contribution in [1.82, 2.24) is 0 Å². The van der Waals surface area contributed by atoms with Crippen molar-refractivity contribution in [2.24, 2.45) is 17.8 Å². The highest BCUT2D eigenvalue weighted by Crippen LogP contribution is 2.27. The lowest BCUT2D eigenvalue weighted by atomic mass is 9.84. The summed E-state index contributed by atoms with van der Waals surface area (Å²) in [7, 11) is 0. The number of hydrogen-bond acceptors (Lipinski definition) is 0. The fraction of sp³-hybridized carbons (Fsp3) is 1.00. The minimum absolute atomic E-state index is 0. The molecule has 112 valence electrons. The molecule has 0 amide bonds. The van der Waals surface area contributed by atoms with E-state index in [9.17, 15) is 0 Å². The molecule has 2 fully saturated rings. The van der Waals surface area contributed by atoms with Gasteiger partial charge in [0.25, 0.3) is 0 Å². The highest BCUT2D eigenvalue weighted by atomic mass is 16.0. The van der Waals surface area contributed by atoms with E-state index in [4.69, 9.17) is 0 Å². The van der Waals surface area contributed by atoms with Crippen molar-refractivity contribution in [1.29, 1.82) is 0 Å². The summed E-state index contributed by atoms with van der Waals surface area (Å²) in [5, 5.41) is 0. The van der Waals surface area contributed by atoms with Gasteiger partial charge >= 0.3 is 0 Å². The summed E-state index contributed by atoms with van der Waals surface area (Å²) in [6, 6.07) is 0. The Bertz CT molecular complexity index is 132. The highest BCUT2D eigenvalue weighted by Gasteiger charge is 2.13. The van der Waals surface area contributed by atoms with Crippen LogP contribution in [0.3, 0.4) is 0 Å². The molecule has 1 nitrogen and oxygen atoms in total. The van der Waals surface area contributed by atoms with Crippen LogP contribution in [0.2, 0.25) is 0 Å². The maximum absolute atomic E-state index is 2.37. The first-order chi connectivity index (χ1) is 8.18. The molecule has 0 radical (unpaired) electrons. The summed E-state index contributed by atoms with van der Waals surface area (Å²) < 4.78 is 0. The molecular weight excluding hydrogens is 220 g/mol. The van der Waals surface area contributed by atoms with Crippen LogP contribution in [-0.4, -0.2) is 5.48 Å². The second-order valence-electron chi connectivity index (χ2n) is 6.11. The maximum Gasteiger partial charge on any atom is -0.0443 e. The van der Waals surface area contributed by atoms with Crippen LogP contribution in [0.4, 0.5) is 0 Å². The van der Waals surface area contributed by atoms with Crippen molar-refractivity contribution < 1.29 is 5.48 Å². The van der Waals surface area contributed by atoms with Crippen molar-refractivity contribution >= 4 is 0 Å². The lowest BCUT2D eigenvalue weighted by Crippen LogP contribution is -2.08. The van der Waals surface area contributed by atoms with Crippen LogP contribution in [0.15, 0.2) is 0 Å². The molecule has 0 atom stereocenters. The van der Waals surface area contributed by atoms with E-state index in [-0.39, 0.29) is 5.48 Å². The summed E-state index contributed by atoms with van der Waals surface area (Å²) in [6.45, 7) is 11.1. The van der Waals surface area contributed by atoms with Crippen LogP contribution in [0, 0.1) is 17.8 Å². The van der Waals surface area contributed by atoms with Crippen LogP contribution in [0.5, 0.6) is 0 Å². The molecule has 0 saturated heterocycles. The van der Waals surface area contributed by atoms with Crippen molar-refractivity contribution in [2.45, 2.75) is 92.4 Å². The molecule has 0 aliphatic heterocycles. The second-order valence-corrected chi connectivity index (χ2v) is 6.11. The lowest BCUT2D eigenvalue weighted by molar-refractivity contribution is 0.308. The van der Waals surface area contributed by atoms with Crippen LogP contribution in [-0.2, 0) is 0 Å². The summed E-state index contributed by atoms with van der Waals surface area (Å²) in [5.41, 5.74) is 0. The molecule has 2 aliphatic rings. The zero-order valence-electron chi connectivity index (χ0n) is 13.6. The zero-order chi connectivity index (χ0) is 13.1. The van der Waals surface area contributed by atoms with Crippen LogP contribution >= 0.6 is 0 Å². The molecule has 0 spiro atoms. The Morgan fingerprint density at radius 3 is 1.00 bits per heavy atom. The van der Waals surface area contributed by atoms with Gasteiger partial charge < -0.3 is 5.48 Å². The molecule has 0 heterocycles. The molecular formula is C17H38O. The van der Waals surface area contributed by atoms with Crippen molar-refractivity contribution in [3.05, 3.63) is 0 Å². The van der Waals surface area contributed by atoms with Gasteiger partial charge in [-0.1, -0.05) is 92.4 Å². The number of rotatable bonds is 0. The Morgan fingerprint density at radius 1 is 0.500 bits per heavy atom. The van der Waals surface area contributed by atoms with Crippen molar-refractivity contribution in [3.63, 3.8) is 0 Å². The van der Waals surface area contributed by atoms with Crippen molar-refractivity contribution in [3.8, 4) is 0 Å². The van der Waals surface area contributed by atoms with Crippen molar-refractivity contribution in [2.75, 3.05) is 0 Å². The zero-order valence-corrected chi connectivity index (χ0v) is 13.6. The average Bonchev–Trinajstić information content (AvgIpc) is 2.37. The molecule has 0 unspecified atom stereocenters. The third kappa shape index (κ3) is 11.1. The molecule has 2 aliphatic carbocycles. The van der Waals surface area contributed by atoms with Gasteiger partial charge in [-0.25, -0.2) is 0 Å². The smallest absolute Gasteiger partial charge is 0.0443 e. The first-order valence-electron chi connectivity index (χ1n) is 8.18. The molecule has 0 aromatic heterocycles. The summed E-state index contributed by atoms with van der Waals surface area (Å²) in [6.07, 6.45) is 13.3. The molecule has 2 N–H and O–H groups in total. The second kappa shape index (κ2) is 13.4. The average molecular weight is 258 g/mol. The Hall–Kier alpha value is -0.0400. The van der Waals surface area contributed by atoms with Gasteiger partial charge in [0.05, 0.1) is 0 Å². The number of hydrogen-bond donors (Lipinski definition) is 0. The lowest BCUT2D eigenvalue weighted by Gasteiger charge is -2.22. The summed E-state index contributed by atoms with van der Waals surface area (Å²) in [5.74, 6) is 3.08. The van der Waals surface area contributed by atoms with E-state index in [1.807, 2.05) is 13.8 Å². The van der Waals surface area contributed by atoms with Crippen LogP contribution in [0.1, 0.15) is 92.4 Å². The molecule has 0 aromatic carbocycles. The van der Waals surface area contributed by atoms with Gasteiger partial charge in [-0.2, -0.15) is 0 Å². The highest BCUT2D eigenvalue weighted by molar-refractivity contribution is 4.65. The Balaban J connectivity index is 0. The predicted octanol–water partition coefficient (Wildman–Crippen LogP) is 5.62. The van der Waals surface area contributed by atoms with Crippen LogP contribution < -0.4 is 0 Å². The van der Waals surface area contributed by atoms with Gasteiger partial charge in [0.15, 0.2) is 0 Å². The maximum atomic E-state index is 2.37. The van der Waals surface area contributed by atoms with Gasteiger partial charge in [-0.3, -0.25) is 0 Å².